The van der Waals surface area contributed by atoms with Gasteiger partial charge >= 0.3 is 0 Å². The number of nitrogens with two attached hydrogens (primary N) is 1. The van der Waals surface area contributed by atoms with Gasteiger partial charge in [-0.05, 0) is 31.0 Å². The van der Waals surface area contributed by atoms with E-state index in [2.05, 4.69) is 6.92 Å². The van der Waals surface area contributed by atoms with Crippen molar-refractivity contribution in [1.82, 2.24) is 4.31 Å². The summed E-state index contributed by atoms with van der Waals surface area (Å²) in [7, 11) is -3.57. The normalized spacial score (nSPS) is 21.1. The first kappa shape index (κ1) is 15.9. The van der Waals surface area contributed by atoms with Gasteiger partial charge in [-0.3, -0.25) is 0 Å². The zero-order chi connectivity index (χ0) is 14.9. The van der Waals surface area contributed by atoms with Crippen LogP contribution in [0.5, 0.6) is 0 Å². The highest BCUT2D eigenvalue weighted by Crippen LogP contribution is 2.32. The van der Waals surface area contributed by atoms with E-state index >= 15 is 0 Å². The van der Waals surface area contributed by atoms with Crippen LogP contribution in [0, 0.1) is 6.92 Å². The molecule has 0 aliphatic carbocycles. The third kappa shape index (κ3) is 3.08. The fraction of sp³-hybridized carbons (Fsp3) is 0.538. The van der Waals surface area contributed by atoms with E-state index in [1.165, 1.54) is 10.4 Å². The minimum absolute atomic E-state index is 0.115. The molecule has 112 valence electrons. The van der Waals surface area contributed by atoms with Crippen molar-refractivity contribution >= 4 is 39.1 Å². The van der Waals surface area contributed by atoms with Gasteiger partial charge in [0.1, 0.15) is 4.90 Å². The molecule has 1 aliphatic rings. The molecule has 0 amide bonds. The Kier molecular flexibility index (Phi) is 4.89. The quantitative estimate of drug-likeness (QED) is 0.863. The van der Waals surface area contributed by atoms with Crippen molar-refractivity contribution in [3.8, 4) is 0 Å². The minimum atomic E-state index is -3.57. The highest BCUT2D eigenvalue weighted by Gasteiger charge is 2.31. The third-order valence-electron chi connectivity index (χ3n) is 3.50. The van der Waals surface area contributed by atoms with Gasteiger partial charge in [0.15, 0.2) is 0 Å². The predicted octanol–water partition coefficient (Wildman–Crippen LogP) is 2.75. The highest BCUT2D eigenvalue weighted by molar-refractivity contribution is 8.00. The number of benzene rings is 1. The number of thioether (sulfide) groups is 1. The van der Waals surface area contributed by atoms with E-state index in [1.807, 2.05) is 18.7 Å². The van der Waals surface area contributed by atoms with E-state index in [0.29, 0.717) is 24.0 Å². The van der Waals surface area contributed by atoms with Crippen LogP contribution in [0.25, 0.3) is 0 Å². The second kappa shape index (κ2) is 6.13. The average Bonchev–Trinajstić information content (AvgIpc) is 2.42. The molecule has 2 rings (SSSR count). The van der Waals surface area contributed by atoms with Crippen LogP contribution in [0.2, 0.25) is 5.02 Å². The third-order valence-corrected chi connectivity index (χ3v) is 7.20. The lowest BCUT2D eigenvalue weighted by atomic mass is 10.2. The Morgan fingerprint density at radius 1 is 1.50 bits per heavy atom. The Morgan fingerprint density at radius 2 is 2.20 bits per heavy atom. The van der Waals surface area contributed by atoms with Crippen LogP contribution in [-0.2, 0) is 10.0 Å². The van der Waals surface area contributed by atoms with Gasteiger partial charge in [-0.25, -0.2) is 8.42 Å². The SMILES string of the molecule is CCC1CN(S(=O)(=O)c2cc(N)c(C)cc2Cl)CCS1. The summed E-state index contributed by atoms with van der Waals surface area (Å²) in [6.07, 6.45) is 0.959. The molecule has 0 spiro atoms. The van der Waals surface area contributed by atoms with E-state index in [4.69, 9.17) is 17.3 Å². The van der Waals surface area contributed by atoms with Crippen molar-refractivity contribution in [3.63, 3.8) is 0 Å². The standard InChI is InChI=1S/C13H19ClN2O2S2/c1-3-10-8-16(4-5-19-10)20(17,18)13-7-12(15)9(2)6-11(13)14/h6-7,10H,3-5,8,15H2,1-2H3. The molecule has 1 atom stereocenters. The van der Waals surface area contributed by atoms with Crippen LogP contribution >= 0.6 is 23.4 Å². The molecule has 1 fully saturated rings. The zero-order valence-electron chi connectivity index (χ0n) is 11.6. The molecule has 1 aliphatic heterocycles. The average molecular weight is 335 g/mol. The van der Waals surface area contributed by atoms with Crippen molar-refractivity contribution < 1.29 is 8.42 Å². The van der Waals surface area contributed by atoms with Crippen LogP contribution in [0.4, 0.5) is 5.69 Å². The van der Waals surface area contributed by atoms with Gasteiger partial charge in [-0.15, -0.1) is 0 Å². The number of aryl methyl sites for hydroxylation is 1. The molecule has 7 heteroatoms. The van der Waals surface area contributed by atoms with E-state index in [0.717, 1.165) is 17.7 Å². The molecule has 20 heavy (non-hydrogen) atoms. The minimum Gasteiger partial charge on any atom is -0.398 e. The van der Waals surface area contributed by atoms with Crippen LogP contribution in [0.15, 0.2) is 17.0 Å². The van der Waals surface area contributed by atoms with Crippen LogP contribution < -0.4 is 5.73 Å². The summed E-state index contributed by atoms with van der Waals surface area (Å²) in [5.41, 5.74) is 7.06. The van der Waals surface area contributed by atoms with Crippen LogP contribution in [0.1, 0.15) is 18.9 Å². The molecule has 1 heterocycles. The molecule has 1 saturated heterocycles. The Labute approximate surface area is 129 Å². The Bertz CT molecular complexity index is 605. The van der Waals surface area contributed by atoms with E-state index in [9.17, 15) is 8.42 Å². The Hall–Kier alpha value is -0.430. The van der Waals surface area contributed by atoms with E-state index in [1.54, 1.807) is 6.07 Å². The van der Waals surface area contributed by atoms with Gasteiger partial charge in [-0.1, -0.05) is 18.5 Å². The molecule has 1 aromatic carbocycles. The number of sulfonamides is 1. The van der Waals surface area contributed by atoms with Gasteiger partial charge in [0.25, 0.3) is 0 Å². The van der Waals surface area contributed by atoms with Crippen molar-refractivity contribution in [2.45, 2.75) is 30.4 Å². The summed E-state index contributed by atoms with van der Waals surface area (Å²) in [5, 5.41) is 0.586. The Balaban J connectivity index is 2.37. The first-order valence-electron chi connectivity index (χ1n) is 6.53. The number of anilines is 1. The summed E-state index contributed by atoms with van der Waals surface area (Å²) < 4.78 is 26.9. The number of nitrogen functional groups attached to an aromatic ring is 1. The highest BCUT2D eigenvalue weighted by atomic mass is 35.5. The molecule has 1 unspecified atom stereocenters. The number of nitrogens with zero attached hydrogens (tertiary/aromatic N) is 1. The van der Waals surface area contributed by atoms with Crippen molar-refractivity contribution in [3.05, 3.63) is 22.7 Å². The van der Waals surface area contributed by atoms with Gasteiger partial charge < -0.3 is 5.73 Å². The lowest BCUT2D eigenvalue weighted by molar-refractivity contribution is 0.416. The number of rotatable bonds is 3. The van der Waals surface area contributed by atoms with Gasteiger partial charge in [0.05, 0.1) is 5.02 Å². The van der Waals surface area contributed by atoms with Gasteiger partial charge in [0.2, 0.25) is 10.0 Å². The topological polar surface area (TPSA) is 63.4 Å². The predicted molar refractivity (Wildman–Crippen MR) is 85.9 cm³/mol. The molecule has 1 aromatic rings. The van der Waals surface area contributed by atoms with Gasteiger partial charge in [-0.2, -0.15) is 16.1 Å². The largest absolute Gasteiger partial charge is 0.398 e. The summed E-state index contributed by atoms with van der Waals surface area (Å²) >= 11 is 7.93. The number of hydrogen-bond acceptors (Lipinski definition) is 4. The van der Waals surface area contributed by atoms with Crippen molar-refractivity contribution in [2.24, 2.45) is 0 Å². The second-order valence-electron chi connectivity index (χ2n) is 4.90. The monoisotopic (exact) mass is 334 g/mol. The molecular formula is C13H19ClN2O2S2. The first-order valence-corrected chi connectivity index (χ1v) is 9.40. The molecular weight excluding hydrogens is 316 g/mol. The molecule has 0 radical (unpaired) electrons. The summed E-state index contributed by atoms with van der Waals surface area (Å²) in [4.78, 5) is 0.115. The second-order valence-corrected chi connectivity index (χ2v) is 8.63. The number of hydrogen-bond donors (Lipinski definition) is 1. The van der Waals surface area contributed by atoms with Gasteiger partial charge in [0, 0.05) is 29.8 Å². The van der Waals surface area contributed by atoms with Crippen LogP contribution in [0.3, 0.4) is 0 Å². The van der Waals surface area contributed by atoms with Crippen molar-refractivity contribution in [2.75, 3.05) is 24.6 Å². The van der Waals surface area contributed by atoms with Crippen LogP contribution in [-0.4, -0.2) is 36.8 Å². The summed E-state index contributed by atoms with van der Waals surface area (Å²) in [6, 6.07) is 3.08. The molecule has 0 aromatic heterocycles. The van der Waals surface area contributed by atoms with E-state index in [-0.39, 0.29) is 9.92 Å². The van der Waals surface area contributed by atoms with Crippen molar-refractivity contribution in [1.29, 1.82) is 0 Å². The summed E-state index contributed by atoms with van der Waals surface area (Å²) in [6.45, 7) is 4.94. The molecule has 0 bridgehead atoms. The lowest BCUT2D eigenvalue weighted by Gasteiger charge is -2.31. The summed E-state index contributed by atoms with van der Waals surface area (Å²) in [5.74, 6) is 0.816. The maximum atomic E-state index is 12.7. The smallest absolute Gasteiger partial charge is 0.244 e. The fourth-order valence-electron chi connectivity index (χ4n) is 2.16. The zero-order valence-corrected chi connectivity index (χ0v) is 14.0. The Morgan fingerprint density at radius 3 is 2.85 bits per heavy atom. The maximum absolute atomic E-state index is 12.7. The maximum Gasteiger partial charge on any atom is 0.244 e. The molecule has 4 nitrogen and oxygen atoms in total. The number of halogens is 1. The van der Waals surface area contributed by atoms with E-state index < -0.39 is 10.0 Å². The molecule has 0 saturated carbocycles. The molecule has 2 N–H and O–H groups in total. The fourth-order valence-corrected chi connectivity index (χ4v) is 5.63. The first-order chi connectivity index (χ1) is 9.36. The lowest BCUT2D eigenvalue weighted by Crippen LogP contribution is -2.41.